The third-order valence-corrected chi connectivity index (χ3v) is 5.65. The number of nitrogens with zero attached hydrogens (tertiary/aromatic N) is 1. The highest BCUT2D eigenvalue weighted by Crippen LogP contribution is 2.28. The molecule has 5 nitrogen and oxygen atoms in total. The van der Waals surface area contributed by atoms with Crippen LogP contribution in [0.25, 0.3) is 10.9 Å². The van der Waals surface area contributed by atoms with E-state index in [-0.39, 0.29) is 30.2 Å². The van der Waals surface area contributed by atoms with E-state index in [1.807, 2.05) is 66.6 Å². The molecule has 0 aliphatic carbocycles. The number of aromatic amines is 1. The van der Waals surface area contributed by atoms with Crippen molar-refractivity contribution in [2.24, 2.45) is 5.92 Å². The first-order valence-corrected chi connectivity index (χ1v) is 9.80. The lowest BCUT2D eigenvalue weighted by molar-refractivity contribution is -0.130. The van der Waals surface area contributed by atoms with E-state index in [2.05, 4.69) is 16.4 Å². The highest BCUT2D eigenvalue weighted by Gasteiger charge is 2.36. The smallest absolute Gasteiger partial charge is 0.225 e. The van der Waals surface area contributed by atoms with Gasteiger partial charge >= 0.3 is 0 Å². The van der Waals surface area contributed by atoms with Crippen molar-refractivity contribution in [1.29, 1.82) is 0 Å². The number of nitrogens with one attached hydrogen (secondary N) is 2. The molecule has 5 heteroatoms. The fourth-order valence-corrected chi connectivity index (χ4v) is 4.00. The van der Waals surface area contributed by atoms with Gasteiger partial charge in [0.1, 0.15) is 0 Å². The molecule has 0 saturated carbocycles. The predicted octanol–water partition coefficient (Wildman–Crippen LogP) is 3.44. The van der Waals surface area contributed by atoms with E-state index < -0.39 is 0 Å². The first-order valence-electron chi connectivity index (χ1n) is 9.80. The van der Waals surface area contributed by atoms with E-state index >= 15 is 0 Å². The lowest BCUT2D eigenvalue weighted by atomic mass is 10.1. The van der Waals surface area contributed by atoms with Crippen LogP contribution in [-0.4, -0.2) is 34.8 Å². The number of amides is 2. The van der Waals surface area contributed by atoms with Crippen molar-refractivity contribution >= 4 is 22.7 Å². The second kappa shape index (κ2) is 7.89. The minimum atomic E-state index is -0.276. The number of carbonyl (C=O) groups is 2. The maximum atomic E-state index is 12.6. The van der Waals surface area contributed by atoms with Gasteiger partial charge in [-0.15, -0.1) is 0 Å². The van der Waals surface area contributed by atoms with Crippen molar-refractivity contribution in [3.8, 4) is 0 Å². The zero-order valence-corrected chi connectivity index (χ0v) is 16.0. The summed E-state index contributed by atoms with van der Waals surface area (Å²) in [6.07, 6.45) is 3.05. The summed E-state index contributed by atoms with van der Waals surface area (Å²) in [5, 5.41) is 4.21. The Labute approximate surface area is 164 Å². The van der Waals surface area contributed by atoms with Gasteiger partial charge in [-0.2, -0.15) is 0 Å². The molecule has 0 spiro atoms. The van der Waals surface area contributed by atoms with E-state index in [4.69, 9.17) is 0 Å². The van der Waals surface area contributed by atoms with E-state index in [9.17, 15) is 9.59 Å². The molecular weight excluding hydrogens is 350 g/mol. The number of hydrogen-bond donors (Lipinski definition) is 2. The summed E-state index contributed by atoms with van der Waals surface area (Å²) < 4.78 is 0. The zero-order valence-electron chi connectivity index (χ0n) is 16.0. The third kappa shape index (κ3) is 3.65. The van der Waals surface area contributed by atoms with E-state index in [1.54, 1.807) is 0 Å². The molecule has 0 bridgehead atoms. The molecule has 1 aromatic heterocycles. The SMILES string of the molecule is C[C@@H](c1ccccc1)N1C[C@@H](C(=O)NCCc2c[nH]c3ccccc23)CC1=O. The molecule has 2 aromatic carbocycles. The number of H-pyrrole nitrogens is 1. The summed E-state index contributed by atoms with van der Waals surface area (Å²) in [6, 6.07) is 18.1. The number of carbonyl (C=O) groups excluding carboxylic acids is 2. The maximum absolute atomic E-state index is 12.6. The molecule has 144 valence electrons. The number of benzene rings is 2. The minimum absolute atomic E-state index is 0.0160. The normalized spacial score (nSPS) is 17.8. The number of aromatic nitrogens is 1. The van der Waals surface area contributed by atoms with Crippen LogP contribution in [0.2, 0.25) is 0 Å². The summed E-state index contributed by atoms with van der Waals surface area (Å²) in [5.41, 5.74) is 3.39. The Bertz CT molecular complexity index is 980. The zero-order chi connectivity index (χ0) is 19.5. The molecule has 2 N–H and O–H groups in total. The third-order valence-electron chi connectivity index (χ3n) is 5.65. The predicted molar refractivity (Wildman–Crippen MR) is 110 cm³/mol. The topological polar surface area (TPSA) is 65.2 Å². The summed E-state index contributed by atoms with van der Waals surface area (Å²) in [6.45, 7) is 3.07. The van der Waals surface area contributed by atoms with Crippen LogP contribution in [0.1, 0.15) is 30.5 Å². The van der Waals surface area contributed by atoms with Crippen LogP contribution in [0.4, 0.5) is 0 Å². The molecule has 1 fully saturated rings. The average Bonchev–Trinajstić information content (AvgIpc) is 3.32. The van der Waals surface area contributed by atoms with E-state index in [0.717, 1.165) is 17.5 Å². The maximum Gasteiger partial charge on any atom is 0.225 e. The van der Waals surface area contributed by atoms with Crippen LogP contribution in [0.15, 0.2) is 60.8 Å². The van der Waals surface area contributed by atoms with Gasteiger partial charge in [-0.1, -0.05) is 48.5 Å². The second-order valence-electron chi connectivity index (χ2n) is 7.43. The van der Waals surface area contributed by atoms with Crippen molar-refractivity contribution in [2.75, 3.05) is 13.1 Å². The Morgan fingerprint density at radius 1 is 1.18 bits per heavy atom. The van der Waals surface area contributed by atoms with Crippen molar-refractivity contribution < 1.29 is 9.59 Å². The van der Waals surface area contributed by atoms with Crippen molar-refractivity contribution in [1.82, 2.24) is 15.2 Å². The van der Waals surface area contributed by atoms with Crippen LogP contribution in [0, 0.1) is 5.92 Å². The molecule has 0 unspecified atom stereocenters. The molecular formula is C23H25N3O2. The van der Waals surface area contributed by atoms with Crippen LogP contribution in [0.3, 0.4) is 0 Å². The summed E-state index contributed by atoms with van der Waals surface area (Å²) in [7, 11) is 0. The summed E-state index contributed by atoms with van der Waals surface area (Å²) in [5.74, 6) is -0.259. The number of hydrogen-bond acceptors (Lipinski definition) is 2. The number of fused-ring (bicyclic) bond motifs is 1. The van der Waals surface area contributed by atoms with Crippen LogP contribution >= 0.6 is 0 Å². The molecule has 28 heavy (non-hydrogen) atoms. The Hall–Kier alpha value is -3.08. The number of para-hydroxylation sites is 1. The van der Waals surface area contributed by atoms with Gasteiger partial charge in [-0.25, -0.2) is 0 Å². The fraction of sp³-hybridized carbons (Fsp3) is 0.304. The van der Waals surface area contributed by atoms with Gasteiger partial charge in [0.2, 0.25) is 11.8 Å². The summed E-state index contributed by atoms with van der Waals surface area (Å²) in [4.78, 5) is 30.1. The van der Waals surface area contributed by atoms with Crippen molar-refractivity contribution in [3.05, 3.63) is 71.9 Å². The standard InChI is InChI=1S/C23H25N3O2/c1-16(17-7-3-2-4-8-17)26-15-19(13-22(26)27)23(28)24-12-11-18-14-25-21-10-6-5-9-20(18)21/h2-10,14,16,19,25H,11-13,15H2,1H3,(H,24,28)/t16-,19-/m0/s1. The van der Waals surface area contributed by atoms with Gasteiger partial charge in [-0.3, -0.25) is 9.59 Å². The van der Waals surface area contributed by atoms with Gasteiger partial charge in [0.25, 0.3) is 0 Å². The van der Waals surface area contributed by atoms with Gasteiger partial charge in [-0.05, 0) is 30.5 Å². The second-order valence-corrected chi connectivity index (χ2v) is 7.43. The van der Waals surface area contributed by atoms with Gasteiger partial charge in [0.15, 0.2) is 0 Å². The molecule has 1 aliphatic rings. The Morgan fingerprint density at radius 3 is 2.75 bits per heavy atom. The van der Waals surface area contributed by atoms with E-state index in [1.165, 1.54) is 10.9 Å². The first-order chi connectivity index (χ1) is 13.6. The number of likely N-dealkylation sites (tertiary alicyclic amines) is 1. The lowest BCUT2D eigenvalue weighted by Crippen LogP contribution is -2.34. The minimum Gasteiger partial charge on any atom is -0.361 e. The molecule has 1 aliphatic heterocycles. The molecule has 0 radical (unpaired) electrons. The van der Waals surface area contributed by atoms with E-state index in [0.29, 0.717) is 13.1 Å². The van der Waals surface area contributed by atoms with Crippen LogP contribution < -0.4 is 5.32 Å². The van der Waals surface area contributed by atoms with Crippen molar-refractivity contribution in [2.45, 2.75) is 25.8 Å². The molecule has 3 aromatic rings. The van der Waals surface area contributed by atoms with Gasteiger partial charge < -0.3 is 15.2 Å². The summed E-state index contributed by atoms with van der Waals surface area (Å²) >= 11 is 0. The molecule has 2 amide bonds. The molecule has 4 rings (SSSR count). The average molecular weight is 375 g/mol. The van der Waals surface area contributed by atoms with Gasteiger partial charge in [0.05, 0.1) is 12.0 Å². The van der Waals surface area contributed by atoms with Gasteiger partial charge in [0, 0.05) is 36.6 Å². The highest BCUT2D eigenvalue weighted by molar-refractivity contribution is 5.89. The Morgan fingerprint density at radius 2 is 1.93 bits per heavy atom. The van der Waals surface area contributed by atoms with Crippen molar-refractivity contribution in [3.63, 3.8) is 0 Å². The lowest BCUT2D eigenvalue weighted by Gasteiger charge is -2.25. The number of rotatable bonds is 6. The van der Waals surface area contributed by atoms with Crippen LogP contribution in [-0.2, 0) is 16.0 Å². The largest absolute Gasteiger partial charge is 0.361 e. The monoisotopic (exact) mass is 375 g/mol. The molecule has 1 saturated heterocycles. The first kappa shape index (κ1) is 18.3. The fourth-order valence-electron chi connectivity index (χ4n) is 4.00. The molecule has 2 atom stereocenters. The molecule has 2 heterocycles. The Balaban J connectivity index is 1.32. The highest BCUT2D eigenvalue weighted by atomic mass is 16.2. The van der Waals surface area contributed by atoms with Crippen LogP contribution in [0.5, 0.6) is 0 Å². The Kier molecular flexibility index (Phi) is 5.15. The quantitative estimate of drug-likeness (QED) is 0.693.